The number of carbonyl (C=O) groups excluding carboxylic acids is 1. The standard InChI is InChI=1S/C18H17BrN2O/c1-21(2)17-11-4-3-7-14(17)9-6-12-20-18(22)15-8-5-10-16(19)13-15/h3-5,7-8,10-11,13H,12H2,1-2H3,(H,20,22). The maximum absolute atomic E-state index is 12.0. The molecular weight excluding hydrogens is 340 g/mol. The van der Waals surface area contributed by atoms with Gasteiger partial charge in [-0.15, -0.1) is 0 Å². The number of carbonyl (C=O) groups is 1. The van der Waals surface area contributed by atoms with Crippen LogP contribution in [0.2, 0.25) is 0 Å². The summed E-state index contributed by atoms with van der Waals surface area (Å²) in [7, 11) is 3.96. The molecule has 4 heteroatoms. The van der Waals surface area contributed by atoms with Gasteiger partial charge in [0.15, 0.2) is 0 Å². The maximum atomic E-state index is 12.0. The van der Waals surface area contributed by atoms with Crippen molar-refractivity contribution < 1.29 is 4.79 Å². The molecule has 0 aromatic heterocycles. The highest BCUT2D eigenvalue weighted by molar-refractivity contribution is 9.10. The summed E-state index contributed by atoms with van der Waals surface area (Å²) >= 11 is 3.35. The van der Waals surface area contributed by atoms with Crippen molar-refractivity contribution in [3.05, 3.63) is 64.1 Å². The first kappa shape index (κ1) is 16.1. The molecule has 0 unspecified atom stereocenters. The molecule has 0 aliphatic heterocycles. The van der Waals surface area contributed by atoms with E-state index in [-0.39, 0.29) is 5.91 Å². The summed E-state index contributed by atoms with van der Waals surface area (Å²) in [5.41, 5.74) is 2.63. The fourth-order valence-corrected chi connectivity index (χ4v) is 2.36. The first-order valence-electron chi connectivity index (χ1n) is 6.87. The minimum atomic E-state index is -0.128. The predicted octanol–water partition coefficient (Wildman–Crippen LogP) is 3.30. The van der Waals surface area contributed by atoms with Gasteiger partial charge in [0, 0.05) is 29.7 Å². The Bertz CT molecular complexity index is 729. The van der Waals surface area contributed by atoms with Gasteiger partial charge in [-0.1, -0.05) is 46.0 Å². The summed E-state index contributed by atoms with van der Waals surface area (Å²) in [6.45, 7) is 0.313. The minimum absolute atomic E-state index is 0.128. The molecule has 112 valence electrons. The molecule has 0 atom stereocenters. The van der Waals surface area contributed by atoms with Gasteiger partial charge in [0.2, 0.25) is 0 Å². The van der Waals surface area contributed by atoms with Crippen LogP contribution in [0.4, 0.5) is 5.69 Å². The Kier molecular flexibility index (Phi) is 5.62. The molecule has 3 nitrogen and oxygen atoms in total. The van der Waals surface area contributed by atoms with E-state index >= 15 is 0 Å². The highest BCUT2D eigenvalue weighted by atomic mass is 79.9. The fraction of sp³-hybridized carbons (Fsp3) is 0.167. The van der Waals surface area contributed by atoms with Gasteiger partial charge in [-0.2, -0.15) is 0 Å². The van der Waals surface area contributed by atoms with Crippen LogP contribution in [0.25, 0.3) is 0 Å². The second-order valence-corrected chi connectivity index (χ2v) is 5.82. The number of rotatable bonds is 3. The molecule has 0 fully saturated rings. The lowest BCUT2D eigenvalue weighted by molar-refractivity contribution is 0.0958. The van der Waals surface area contributed by atoms with E-state index < -0.39 is 0 Å². The van der Waals surface area contributed by atoms with Crippen molar-refractivity contribution in [1.82, 2.24) is 5.32 Å². The third kappa shape index (κ3) is 4.37. The van der Waals surface area contributed by atoms with Crippen molar-refractivity contribution >= 4 is 27.5 Å². The third-order valence-corrected chi connectivity index (χ3v) is 3.53. The highest BCUT2D eigenvalue weighted by Gasteiger charge is 2.04. The largest absolute Gasteiger partial charge is 0.377 e. The summed E-state index contributed by atoms with van der Waals surface area (Å²) < 4.78 is 0.881. The SMILES string of the molecule is CN(C)c1ccccc1C#CCNC(=O)c1cccc(Br)c1. The monoisotopic (exact) mass is 356 g/mol. The average Bonchev–Trinajstić information content (AvgIpc) is 2.51. The lowest BCUT2D eigenvalue weighted by Crippen LogP contribution is -2.23. The van der Waals surface area contributed by atoms with Crippen LogP contribution in [0.15, 0.2) is 53.0 Å². The van der Waals surface area contributed by atoms with Crippen LogP contribution in [-0.2, 0) is 0 Å². The number of hydrogen-bond acceptors (Lipinski definition) is 2. The van der Waals surface area contributed by atoms with Gasteiger partial charge in [0.1, 0.15) is 0 Å². The number of hydrogen-bond donors (Lipinski definition) is 1. The van der Waals surface area contributed by atoms with E-state index in [0.717, 1.165) is 15.7 Å². The Balaban J connectivity index is 1.99. The minimum Gasteiger partial charge on any atom is -0.377 e. The Morgan fingerprint density at radius 3 is 2.68 bits per heavy atom. The van der Waals surface area contributed by atoms with Crippen molar-refractivity contribution in [3.8, 4) is 11.8 Å². The molecule has 2 aromatic rings. The number of anilines is 1. The Morgan fingerprint density at radius 2 is 1.95 bits per heavy atom. The summed E-state index contributed by atoms with van der Waals surface area (Å²) in [6, 6.07) is 15.2. The van der Waals surface area contributed by atoms with E-state index in [0.29, 0.717) is 12.1 Å². The lowest BCUT2D eigenvalue weighted by Gasteiger charge is -2.13. The fourth-order valence-electron chi connectivity index (χ4n) is 1.96. The average molecular weight is 357 g/mol. The van der Waals surface area contributed by atoms with Gasteiger partial charge in [-0.05, 0) is 30.3 Å². The number of para-hydroxylation sites is 1. The Hall–Kier alpha value is -2.25. The van der Waals surface area contributed by atoms with Gasteiger partial charge in [-0.3, -0.25) is 4.79 Å². The van der Waals surface area contributed by atoms with E-state index in [4.69, 9.17) is 0 Å². The molecule has 0 heterocycles. The zero-order valence-corrected chi connectivity index (χ0v) is 14.1. The van der Waals surface area contributed by atoms with E-state index in [1.807, 2.05) is 55.4 Å². The predicted molar refractivity (Wildman–Crippen MR) is 94.1 cm³/mol. The van der Waals surface area contributed by atoms with Crippen molar-refractivity contribution in [2.75, 3.05) is 25.5 Å². The van der Waals surface area contributed by atoms with Crippen LogP contribution in [0.1, 0.15) is 15.9 Å². The smallest absolute Gasteiger partial charge is 0.252 e. The van der Waals surface area contributed by atoms with Crippen LogP contribution in [0, 0.1) is 11.8 Å². The number of benzene rings is 2. The maximum Gasteiger partial charge on any atom is 0.252 e. The summed E-state index contributed by atoms with van der Waals surface area (Å²) in [5.74, 6) is 5.96. The lowest BCUT2D eigenvalue weighted by atomic mass is 10.1. The van der Waals surface area contributed by atoms with Gasteiger partial charge >= 0.3 is 0 Å². The number of nitrogens with one attached hydrogen (secondary N) is 1. The van der Waals surface area contributed by atoms with Crippen LogP contribution in [0.5, 0.6) is 0 Å². The molecule has 0 spiro atoms. The molecule has 22 heavy (non-hydrogen) atoms. The van der Waals surface area contributed by atoms with E-state index in [2.05, 4.69) is 33.1 Å². The van der Waals surface area contributed by atoms with Crippen molar-refractivity contribution in [2.24, 2.45) is 0 Å². The van der Waals surface area contributed by atoms with Crippen molar-refractivity contribution in [3.63, 3.8) is 0 Å². The molecule has 1 amide bonds. The topological polar surface area (TPSA) is 32.3 Å². The van der Waals surface area contributed by atoms with Crippen LogP contribution in [-0.4, -0.2) is 26.5 Å². The van der Waals surface area contributed by atoms with Gasteiger partial charge in [0.05, 0.1) is 12.2 Å². The number of amides is 1. The molecule has 1 N–H and O–H groups in total. The second-order valence-electron chi connectivity index (χ2n) is 4.91. The number of nitrogens with zero attached hydrogens (tertiary/aromatic N) is 1. The van der Waals surface area contributed by atoms with Crippen molar-refractivity contribution in [2.45, 2.75) is 0 Å². The number of halogens is 1. The van der Waals surface area contributed by atoms with Gasteiger partial charge < -0.3 is 10.2 Å². The zero-order valence-electron chi connectivity index (χ0n) is 12.6. The van der Waals surface area contributed by atoms with Gasteiger partial charge in [-0.25, -0.2) is 0 Å². The first-order chi connectivity index (χ1) is 10.6. The Morgan fingerprint density at radius 1 is 1.18 bits per heavy atom. The van der Waals surface area contributed by atoms with Crippen LogP contribution in [0.3, 0.4) is 0 Å². The van der Waals surface area contributed by atoms with E-state index in [1.54, 1.807) is 12.1 Å². The third-order valence-electron chi connectivity index (χ3n) is 3.03. The molecule has 0 saturated heterocycles. The first-order valence-corrected chi connectivity index (χ1v) is 7.66. The molecule has 0 aliphatic carbocycles. The summed E-state index contributed by atoms with van der Waals surface area (Å²) in [5, 5.41) is 2.80. The molecule has 0 radical (unpaired) electrons. The van der Waals surface area contributed by atoms with Crippen LogP contribution >= 0.6 is 15.9 Å². The molecule has 0 aliphatic rings. The second kappa shape index (κ2) is 7.67. The van der Waals surface area contributed by atoms with E-state index in [9.17, 15) is 4.79 Å². The summed E-state index contributed by atoms with van der Waals surface area (Å²) in [6.07, 6.45) is 0. The molecular formula is C18H17BrN2O. The molecule has 0 saturated carbocycles. The zero-order chi connectivity index (χ0) is 15.9. The normalized spacial score (nSPS) is 9.59. The summed E-state index contributed by atoms with van der Waals surface area (Å²) in [4.78, 5) is 14.0. The highest BCUT2D eigenvalue weighted by Crippen LogP contribution is 2.16. The molecule has 2 aromatic carbocycles. The quantitative estimate of drug-likeness (QED) is 0.855. The molecule has 0 bridgehead atoms. The van der Waals surface area contributed by atoms with Gasteiger partial charge in [0.25, 0.3) is 5.91 Å². The van der Waals surface area contributed by atoms with Crippen molar-refractivity contribution in [1.29, 1.82) is 0 Å². The molecule has 2 rings (SSSR count). The Labute approximate surface area is 139 Å². The van der Waals surface area contributed by atoms with E-state index in [1.165, 1.54) is 0 Å². The van der Waals surface area contributed by atoms with Crippen LogP contribution < -0.4 is 10.2 Å².